The van der Waals surface area contributed by atoms with Crippen LogP contribution in [-0.2, 0) is 4.84 Å². The fourth-order valence-electron chi connectivity index (χ4n) is 1.36. The number of rotatable bonds is 1. The molecule has 0 bridgehead atoms. The van der Waals surface area contributed by atoms with E-state index >= 15 is 0 Å². The fraction of sp³-hybridized carbons (Fsp3) is 0.273. The third-order valence-corrected chi connectivity index (χ3v) is 2.59. The molecule has 14 heavy (non-hydrogen) atoms. The molecule has 1 aliphatic heterocycles. The van der Waals surface area contributed by atoms with Gasteiger partial charge in [0.15, 0.2) is 5.76 Å². The third-order valence-electron chi connectivity index (χ3n) is 2.34. The fourth-order valence-corrected chi connectivity index (χ4v) is 1.48. The van der Waals surface area contributed by atoms with Crippen molar-refractivity contribution in [3.05, 3.63) is 40.9 Å². The number of nitrogens with zero attached hydrogens (tertiary/aromatic N) is 1. The quantitative estimate of drug-likeness (QED) is 0.705. The zero-order valence-corrected chi connectivity index (χ0v) is 8.95. The highest BCUT2D eigenvalue weighted by atomic mass is 35.5. The lowest BCUT2D eigenvalue weighted by atomic mass is 10.1. The van der Waals surface area contributed by atoms with E-state index in [1.165, 1.54) is 0 Å². The van der Waals surface area contributed by atoms with Crippen LogP contribution in [0.1, 0.15) is 12.5 Å². The van der Waals surface area contributed by atoms with Gasteiger partial charge in [-0.1, -0.05) is 11.6 Å². The zero-order valence-electron chi connectivity index (χ0n) is 8.20. The van der Waals surface area contributed by atoms with Crippen LogP contribution in [0.4, 0.5) is 0 Å². The molecule has 0 radical (unpaired) electrons. The van der Waals surface area contributed by atoms with E-state index in [1.54, 1.807) is 0 Å². The highest BCUT2D eigenvalue weighted by molar-refractivity contribution is 6.30. The molecule has 0 saturated heterocycles. The largest absolute Gasteiger partial charge is 0.405 e. The van der Waals surface area contributed by atoms with Crippen LogP contribution in [0.2, 0.25) is 5.02 Å². The Labute approximate surface area is 88.7 Å². The summed E-state index contributed by atoms with van der Waals surface area (Å²) in [7, 11) is 1.92. The molecule has 1 atom stereocenters. The summed E-state index contributed by atoms with van der Waals surface area (Å²) in [6, 6.07) is 7.97. The monoisotopic (exact) mass is 209 g/mol. The Balaban J connectivity index is 2.25. The van der Waals surface area contributed by atoms with Crippen molar-refractivity contribution in [1.82, 2.24) is 5.06 Å². The van der Waals surface area contributed by atoms with Crippen molar-refractivity contribution in [3.63, 3.8) is 0 Å². The highest BCUT2D eigenvalue weighted by Gasteiger charge is 2.19. The van der Waals surface area contributed by atoms with Crippen LogP contribution < -0.4 is 0 Å². The van der Waals surface area contributed by atoms with E-state index in [-0.39, 0.29) is 0 Å². The molecule has 0 saturated carbocycles. The number of likely N-dealkylation sites (N-methyl/N-ethyl adjacent to an activating group) is 1. The average Bonchev–Trinajstić information content (AvgIpc) is 2.48. The Kier molecular flexibility index (Phi) is 2.48. The van der Waals surface area contributed by atoms with Gasteiger partial charge in [0.1, 0.15) is 0 Å². The Morgan fingerprint density at radius 1 is 1.29 bits per heavy atom. The van der Waals surface area contributed by atoms with E-state index in [0.29, 0.717) is 6.04 Å². The Bertz CT molecular complexity index is 358. The minimum atomic E-state index is 0.320. The van der Waals surface area contributed by atoms with Crippen molar-refractivity contribution in [2.24, 2.45) is 0 Å². The standard InChI is InChI=1S/C11H12ClNO/c1-8-7-11(14-13(8)2)9-3-5-10(12)6-4-9/h3-8H,1-2H3. The first-order valence-corrected chi connectivity index (χ1v) is 4.93. The number of halogens is 1. The van der Waals surface area contributed by atoms with Gasteiger partial charge in [0.05, 0.1) is 6.04 Å². The van der Waals surface area contributed by atoms with Gasteiger partial charge in [-0.15, -0.1) is 5.06 Å². The molecule has 0 spiro atoms. The Hall–Kier alpha value is -0.990. The summed E-state index contributed by atoms with van der Waals surface area (Å²) in [6.07, 6.45) is 2.09. The van der Waals surface area contributed by atoms with E-state index in [4.69, 9.17) is 16.4 Å². The van der Waals surface area contributed by atoms with Gasteiger partial charge in [0, 0.05) is 17.6 Å². The van der Waals surface area contributed by atoms with E-state index in [9.17, 15) is 0 Å². The molecule has 0 aromatic heterocycles. The molecule has 3 heteroatoms. The van der Waals surface area contributed by atoms with Gasteiger partial charge in [-0.25, -0.2) is 0 Å². The molecule has 0 fully saturated rings. The van der Waals surface area contributed by atoms with E-state index < -0.39 is 0 Å². The van der Waals surface area contributed by atoms with Crippen LogP contribution in [-0.4, -0.2) is 18.2 Å². The highest BCUT2D eigenvalue weighted by Crippen LogP contribution is 2.25. The third kappa shape index (κ3) is 1.76. The van der Waals surface area contributed by atoms with Gasteiger partial charge in [-0.2, -0.15) is 0 Å². The molecule has 1 aromatic rings. The second-order valence-corrected chi connectivity index (χ2v) is 3.85. The molecule has 0 N–H and O–H groups in total. The molecular formula is C11H12ClNO. The van der Waals surface area contributed by atoms with Gasteiger partial charge < -0.3 is 4.84 Å². The molecule has 0 aliphatic carbocycles. The summed E-state index contributed by atoms with van der Waals surface area (Å²) < 4.78 is 0. The topological polar surface area (TPSA) is 12.5 Å². The summed E-state index contributed by atoms with van der Waals surface area (Å²) in [5, 5.41) is 2.57. The van der Waals surface area contributed by atoms with E-state index in [1.807, 2.05) is 36.4 Å². The van der Waals surface area contributed by atoms with E-state index in [0.717, 1.165) is 16.3 Å². The van der Waals surface area contributed by atoms with Crippen molar-refractivity contribution in [3.8, 4) is 0 Å². The van der Waals surface area contributed by atoms with Crippen molar-refractivity contribution in [2.75, 3.05) is 7.05 Å². The van der Waals surface area contributed by atoms with Crippen molar-refractivity contribution in [1.29, 1.82) is 0 Å². The van der Waals surface area contributed by atoms with E-state index in [2.05, 4.69) is 13.0 Å². The van der Waals surface area contributed by atoms with Crippen molar-refractivity contribution in [2.45, 2.75) is 13.0 Å². The summed E-state index contributed by atoms with van der Waals surface area (Å²) in [5.74, 6) is 0.900. The summed E-state index contributed by atoms with van der Waals surface area (Å²) in [6.45, 7) is 2.09. The van der Waals surface area contributed by atoms with Gasteiger partial charge in [0.25, 0.3) is 0 Å². The SMILES string of the molecule is CC1C=C(c2ccc(Cl)cc2)ON1C. The molecule has 0 amide bonds. The molecule has 1 unspecified atom stereocenters. The van der Waals surface area contributed by atoms with Crippen molar-refractivity contribution >= 4 is 17.4 Å². The molecule has 1 heterocycles. The summed E-state index contributed by atoms with van der Waals surface area (Å²) in [5.41, 5.74) is 1.06. The zero-order chi connectivity index (χ0) is 10.1. The van der Waals surface area contributed by atoms with Gasteiger partial charge in [-0.3, -0.25) is 0 Å². The minimum Gasteiger partial charge on any atom is -0.405 e. The first-order chi connectivity index (χ1) is 6.66. The second-order valence-electron chi connectivity index (χ2n) is 3.42. The molecule has 74 valence electrons. The van der Waals surface area contributed by atoms with Crippen molar-refractivity contribution < 1.29 is 4.84 Å². The smallest absolute Gasteiger partial charge is 0.152 e. The molecule has 1 aliphatic rings. The molecular weight excluding hydrogens is 198 g/mol. The summed E-state index contributed by atoms with van der Waals surface area (Å²) >= 11 is 5.80. The van der Waals surface area contributed by atoms with Crippen LogP contribution in [0.5, 0.6) is 0 Å². The van der Waals surface area contributed by atoms with Crippen LogP contribution in [0.15, 0.2) is 30.3 Å². The first kappa shape index (κ1) is 9.56. The number of benzene rings is 1. The lowest BCUT2D eigenvalue weighted by Crippen LogP contribution is -2.20. The summed E-state index contributed by atoms with van der Waals surface area (Å²) in [4.78, 5) is 5.55. The lowest BCUT2D eigenvalue weighted by Gasteiger charge is -2.14. The van der Waals surface area contributed by atoms with Crippen LogP contribution in [0.25, 0.3) is 5.76 Å². The second kappa shape index (κ2) is 3.64. The number of hydrogen-bond acceptors (Lipinski definition) is 2. The number of hydrogen-bond donors (Lipinski definition) is 0. The predicted molar refractivity (Wildman–Crippen MR) is 57.7 cm³/mol. The van der Waals surface area contributed by atoms with Crippen LogP contribution in [0.3, 0.4) is 0 Å². The Morgan fingerprint density at radius 2 is 1.93 bits per heavy atom. The maximum atomic E-state index is 5.80. The average molecular weight is 210 g/mol. The van der Waals surface area contributed by atoms with Crippen LogP contribution >= 0.6 is 11.6 Å². The first-order valence-electron chi connectivity index (χ1n) is 4.55. The number of hydroxylamine groups is 2. The molecule has 1 aromatic carbocycles. The maximum absolute atomic E-state index is 5.80. The van der Waals surface area contributed by atoms with Gasteiger partial charge in [-0.05, 0) is 37.3 Å². The normalized spacial score (nSPS) is 21.9. The minimum absolute atomic E-state index is 0.320. The van der Waals surface area contributed by atoms with Crippen LogP contribution in [0, 0.1) is 0 Å². The predicted octanol–water partition coefficient (Wildman–Crippen LogP) is 2.95. The maximum Gasteiger partial charge on any atom is 0.152 e. The lowest BCUT2D eigenvalue weighted by molar-refractivity contribution is -0.0604. The molecule has 2 rings (SSSR count). The van der Waals surface area contributed by atoms with Gasteiger partial charge in [0.2, 0.25) is 0 Å². The van der Waals surface area contributed by atoms with Gasteiger partial charge >= 0.3 is 0 Å². The molecule has 2 nitrogen and oxygen atoms in total. The Morgan fingerprint density at radius 3 is 2.43 bits per heavy atom.